The van der Waals surface area contributed by atoms with Gasteiger partial charge in [0.15, 0.2) is 5.82 Å². The van der Waals surface area contributed by atoms with Crippen LogP contribution in [-0.4, -0.2) is 28.3 Å². The summed E-state index contributed by atoms with van der Waals surface area (Å²) in [5, 5.41) is 11.1. The van der Waals surface area contributed by atoms with Crippen molar-refractivity contribution in [2.45, 2.75) is 38.0 Å². The zero-order chi connectivity index (χ0) is 13.8. The van der Waals surface area contributed by atoms with Crippen molar-refractivity contribution in [3.05, 3.63) is 36.2 Å². The summed E-state index contributed by atoms with van der Waals surface area (Å²) >= 11 is 0. The second-order valence-electron chi connectivity index (χ2n) is 5.68. The fourth-order valence-corrected chi connectivity index (χ4v) is 3.20. The average Bonchev–Trinajstić information content (AvgIpc) is 3.00. The first-order valence-corrected chi connectivity index (χ1v) is 7.53. The molecule has 1 atom stereocenters. The van der Waals surface area contributed by atoms with Gasteiger partial charge in [-0.2, -0.15) is 5.10 Å². The predicted molar refractivity (Wildman–Crippen MR) is 80.5 cm³/mol. The number of benzene rings is 1. The summed E-state index contributed by atoms with van der Waals surface area (Å²) in [5.74, 6) is 1.85. The van der Waals surface area contributed by atoms with Crippen molar-refractivity contribution >= 4 is 0 Å². The first kappa shape index (κ1) is 13.3. The summed E-state index contributed by atoms with van der Waals surface area (Å²) < 4.78 is 0. The summed E-state index contributed by atoms with van der Waals surface area (Å²) in [5.41, 5.74) is 1.21. The Morgan fingerprint density at radius 2 is 2.10 bits per heavy atom. The lowest BCUT2D eigenvalue weighted by atomic mass is 9.76. The molecule has 0 aliphatic carbocycles. The predicted octanol–water partition coefficient (Wildman–Crippen LogP) is 2.89. The molecule has 4 heteroatoms. The molecule has 1 aliphatic rings. The van der Waals surface area contributed by atoms with Crippen LogP contribution < -0.4 is 5.32 Å². The Hall–Kier alpha value is -1.68. The van der Waals surface area contributed by atoms with Gasteiger partial charge in [-0.05, 0) is 25.8 Å². The van der Waals surface area contributed by atoms with Crippen LogP contribution >= 0.6 is 0 Å². The van der Waals surface area contributed by atoms with Gasteiger partial charge >= 0.3 is 0 Å². The van der Waals surface area contributed by atoms with E-state index in [4.69, 9.17) is 4.98 Å². The molecule has 1 aromatic heterocycles. The van der Waals surface area contributed by atoms with Gasteiger partial charge in [0, 0.05) is 17.5 Å². The Morgan fingerprint density at radius 3 is 2.80 bits per heavy atom. The van der Waals surface area contributed by atoms with Gasteiger partial charge in [-0.15, -0.1) is 0 Å². The van der Waals surface area contributed by atoms with Crippen LogP contribution in [0.5, 0.6) is 0 Å². The molecule has 0 amide bonds. The second kappa shape index (κ2) is 5.75. The summed E-state index contributed by atoms with van der Waals surface area (Å²) in [4.78, 5) is 4.79. The van der Waals surface area contributed by atoms with E-state index in [1.54, 1.807) is 0 Å². The van der Waals surface area contributed by atoms with Crippen molar-refractivity contribution < 1.29 is 0 Å². The Balaban J connectivity index is 1.91. The molecule has 106 valence electrons. The number of hydrogen-bond acceptors (Lipinski definition) is 3. The highest BCUT2D eigenvalue weighted by molar-refractivity contribution is 5.54. The van der Waals surface area contributed by atoms with Gasteiger partial charge in [0.1, 0.15) is 5.82 Å². The SMILES string of the molecule is CCCC1(c2nc(-c3ccccc3)n[nH]2)CCCNC1. The summed E-state index contributed by atoms with van der Waals surface area (Å²) in [6.45, 7) is 4.36. The van der Waals surface area contributed by atoms with Crippen molar-refractivity contribution in [1.29, 1.82) is 0 Å². The smallest absolute Gasteiger partial charge is 0.181 e. The first-order valence-electron chi connectivity index (χ1n) is 7.53. The molecule has 0 spiro atoms. The highest BCUT2D eigenvalue weighted by Gasteiger charge is 2.36. The molecule has 1 fully saturated rings. The zero-order valence-corrected chi connectivity index (χ0v) is 12.0. The van der Waals surface area contributed by atoms with Crippen LogP contribution in [0.3, 0.4) is 0 Å². The van der Waals surface area contributed by atoms with Crippen LogP contribution in [0.4, 0.5) is 0 Å². The van der Waals surface area contributed by atoms with Crippen molar-refractivity contribution in [1.82, 2.24) is 20.5 Å². The summed E-state index contributed by atoms with van der Waals surface area (Å²) in [6.07, 6.45) is 4.73. The number of nitrogens with one attached hydrogen (secondary N) is 2. The molecular weight excluding hydrogens is 248 g/mol. The molecule has 0 saturated carbocycles. The lowest BCUT2D eigenvalue weighted by Crippen LogP contribution is -2.44. The molecule has 2 heterocycles. The molecular formula is C16H22N4. The minimum atomic E-state index is 0.132. The molecule has 3 rings (SSSR count). The van der Waals surface area contributed by atoms with E-state index in [1.807, 2.05) is 18.2 Å². The van der Waals surface area contributed by atoms with Gasteiger partial charge in [0.2, 0.25) is 0 Å². The van der Waals surface area contributed by atoms with Crippen molar-refractivity contribution in [3.8, 4) is 11.4 Å². The quantitative estimate of drug-likeness (QED) is 0.898. The van der Waals surface area contributed by atoms with E-state index >= 15 is 0 Å². The highest BCUT2D eigenvalue weighted by Crippen LogP contribution is 2.34. The lowest BCUT2D eigenvalue weighted by Gasteiger charge is -2.35. The van der Waals surface area contributed by atoms with E-state index in [1.165, 1.54) is 19.3 Å². The van der Waals surface area contributed by atoms with Crippen molar-refractivity contribution in [3.63, 3.8) is 0 Å². The molecule has 1 aliphatic heterocycles. The van der Waals surface area contributed by atoms with Crippen molar-refractivity contribution in [2.24, 2.45) is 0 Å². The monoisotopic (exact) mass is 270 g/mol. The molecule has 4 nitrogen and oxygen atoms in total. The standard InChI is InChI=1S/C16H22N4/c1-2-9-16(10-6-11-17-12-16)15-18-14(19-20-15)13-7-4-3-5-8-13/h3-5,7-8,17H,2,6,9-12H2,1H3,(H,18,19,20). The number of rotatable bonds is 4. The van der Waals surface area contributed by atoms with E-state index in [0.29, 0.717) is 0 Å². The molecule has 20 heavy (non-hydrogen) atoms. The van der Waals surface area contributed by atoms with E-state index in [9.17, 15) is 0 Å². The number of H-pyrrole nitrogens is 1. The fourth-order valence-electron chi connectivity index (χ4n) is 3.20. The maximum atomic E-state index is 4.79. The van der Waals surface area contributed by atoms with Crippen LogP contribution in [0.25, 0.3) is 11.4 Å². The van der Waals surface area contributed by atoms with Crippen LogP contribution in [-0.2, 0) is 5.41 Å². The van der Waals surface area contributed by atoms with Crippen molar-refractivity contribution in [2.75, 3.05) is 13.1 Å². The maximum absolute atomic E-state index is 4.79. The number of piperidine rings is 1. The largest absolute Gasteiger partial charge is 0.316 e. The minimum Gasteiger partial charge on any atom is -0.316 e. The highest BCUT2D eigenvalue weighted by atomic mass is 15.2. The second-order valence-corrected chi connectivity index (χ2v) is 5.68. The van der Waals surface area contributed by atoms with Gasteiger partial charge in [0.25, 0.3) is 0 Å². The Morgan fingerprint density at radius 1 is 1.25 bits per heavy atom. The topological polar surface area (TPSA) is 53.6 Å². The Kier molecular flexibility index (Phi) is 3.83. The Labute approximate surface area is 120 Å². The number of hydrogen-bond donors (Lipinski definition) is 2. The van der Waals surface area contributed by atoms with Crippen LogP contribution in [0.2, 0.25) is 0 Å². The van der Waals surface area contributed by atoms with E-state index in [0.717, 1.165) is 36.7 Å². The third kappa shape index (κ3) is 2.48. The molecule has 2 N–H and O–H groups in total. The Bertz CT molecular complexity index is 535. The molecule has 0 radical (unpaired) electrons. The minimum absolute atomic E-state index is 0.132. The molecule has 1 saturated heterocycles. The van der Waals surface area contributed by atoms with Gasteiger partial charge in [-0.1, -0.05) is 43.7 Å². The fraction of sp³-hybridized carbons (Fsp3) is 0.500. The van der Waals surface area contributed by atoms with E-state index < -0.39 is 0 Å². The third-order valence-electron chi connectivity index (χ3n) is 4.22. The van der Waals surface area contributed by atoms with E-state index in [2.05, 4.69) is 34.6 Å². The van der Waals surface area contributed by atoms with Gasteiger partial charge in [-0.25, -0.2) is 4.98 Å². The normalized spacial score (nSPS) is 22.9. The summed E-state index contributed by atoms with van der Waals surface area (Å²) in [7, 11) is 0. The molecule has 2 aromatic rings. The van der Waals surface area contributed by atoms with Crippen LogP contribution in [0, 0.1) is 0 Å². The number of nitrogens with zero attached hydrogens (tertiary/aromatic N) is 2. The maximum Gasteiger partial charge on any atom is 0.181 e. The zero-order valence-electron chi connectivity index (χ0n) is 12.0. The van der Waals surface area contributed by atoms with Gasteiger partial charge < -0.3 is 5.32 Å². The number of aromatic nitrogens is 3. The third-order valence-corrected chi connectivity index (χ3v) is 4.22. The van der Waals surface area contributed by atoms with Crippen LogP contribution in [0.1, 0.15) is 38.4 Å². The van der Waals surface area contributed by atoms with Gasteiger partial charge in [-0.3, -0.25) is 5.10 Å². The average molecular weight is 270 g/mol. The molecule has 1 aromatic carbocycles. The molecule has 1 unspecified atom stereocenters. The lowest BCUT2D eigenvalue weighted by molar-refractivity contribution is 0.276. The van der Waals surface area contributed by atoms with E-state index in [-0.39, 0.29) is 5.41 Å². The first-order chi connectivity index (χ1) is 9.84. The van der Waals surface area contributed by atoms with Crippen LogP contribution in [0.15, 0.2) is 30.3 Å². The van der Waals surface area contributed by atoms with Gasteiger partial charge in [0.05, 0.1) is 0 Å². The number of aromatic amines is 1. The summed E-state index contributed by atoms with van der Waals surface area (Å²) in [6, 6.07) is 10.2. The molecule has 0 bridgehead atoms.